The van der Waals surface area contributed by atoms with Gasteiger partial charge in [-0.1, -0.05) is 6.42 Å². The number of likely N-dealkylation sites (tertiary alicyclic amines) is 1. The fourth-order valence-electron chi connectivity index (χ4n) is 3.98. The average Bonchev–Trinajstić information content (AvgIpc) is 2.97. The van der Waals surface area contributed by atoms with Crippen molar-refractivity contribution in [3.63, 3.8) is 0 Å². The summed E-state index contributed by atoms with van der Waals surface area (Å²) in [6.07, 6.45) is 7.73. The predicted molar refractivity (Wildman–Crippen MR) is 90.6 cm³/mol. The van der Waals surface area contributed by atoms with E-state index in [9.17, 15) is 4.79 Å². The van der Waals surface area contributed by atoms with Crippen molar-refractivity contribution in [3.05, 3.63) is 23.5 Å². The van der Waals surface area contributed by atoms with E-state index in [1.807, 2.05) is 13.1 Å². The molecule has 0 bridgehead atoms. The van der Waals surface area contributed by atoms with Crippen LogP contribution in [0.2, 0.25) is 0 Å². The van der Waals surface area contributed by atoms with E-state index >= 15 is 0 Å². The van der Waals surface area contributed by atoms with Crippen molar-refractivity contribution in [1.29, 1.82) is 0 Å². The van der Waals surface area contributed by atoms with Crippen LogP contribution in [0.3, 0.4) is 0 Å². The topological polar surface area (TPSA) is 46.5 Å². The first-order chi connectivity index (χ1) is 11.2. The monoisotopic (exact) mass is 319 g/mol. The molecule has 128 valence electrons. The van der Waals surface area contributed by atoms with Crippen LogP contribution < -0.4 is 5.32 Å². The van der Waals surface area contributed by atoms with Gasteiger partial charge in [0, 0.05) is 32.9 Å². The summed E-state index contributed by atoms with van der Waals surface area (Å²) in [5.41, 5.74) is 1.99. The quantitative estimate of drug-likeness (QED) is 0.927. The largest absolute Gasteiger partial charge is 0.377 e. The molecule has 0 saturated carbocycles. The van der Waals surface area contributed by atoms with Gasteiger partial charge in [-0.05, 0) is 50.8 Å². The minimum atomic E-state index is -0.0169. The molecule has 0 radical (unpaired) electrons. The number of hydrogen-bond acceptors (Lipinski definition) is 3. The number of nitrogens with zero attached hydrogens (tertiary/aromatic N) is 2. The summed E-state index contributed by atoms with van der Waals surface area (Å²) in [5, 5.41) is 2.72. The van der Waals surface area contributed by atoms with Gasteiger partial charge in [-0.3, -0.25) is 9.69 Å². The van der Waals surface area contributed by atoms with E-state index in [4.69, 9.17) is 4.74 Å². The maximum absolute atomic E-state index is 12.0. The number of hydrogen-bond donors (Lipinski definition) is 1. The third-order valence-electron chi connectivity index (χ3n) is 5.29. The van der Waals surface area contributed by atoms with Crippen molar-refractivity contribution in [2.75, 3.05) is 26.7 Å². The predicted octanol–water partition coefficient (Wildman–Crippen LogP) is 2.48. The van der Waals surface area contributed by atoms with Crippen molar-refractivity contribution < 1.29 is 9.53 Å². The lowest BCUT2D eigenvalue weighted by molar-refractivity contribution is -0.0204. The molecule has 0 spiro atoms. The molecule has 23 heavy (non-hydrogen) atoms. The summed E-state index contributed by atoms with van der Waals surface area (Å²) in [6.45, 7) is 3.06. The van der Waals surface area contributed by atoms with Crippen molar-refractivity contribution in [3.8, 4) is 0 Å². The molecule has 5 nitrogen and oxygen atoms in total. The normalized spacial score (nSPS) is 26.2. The zero-order chi connectivity index (χ0) is 16.2. The summed E-state index contributed by atoms with van der Waals surface area (Å²) in [4.78, 5) is 14.5. The highest BCUT2D eigenvalue weighted by Crippen LogP contribution is 2.32. The fourth-order valence-corrected chi connectivity index (χ4v) is 3.98. The number of ether oxygens (including phenoxy) is 1. The number of amides is 1. The highest BCUT2D eigenvalue weighted by molar-refractivity contribution is 5.92. The summed E-state index contributed by atoms with van der Waals surface area (Å²) < 4.78 is 8.00. The highest BCUT2D eigenvalue weighted by Gasteiger charge is 2.29. The smallest absolute Gasteiger partial charge is 0.267 e. The zero-order valence-electron chi connectivity index (χ0n) is 14.4. The first-order valence-corrected chi connectivity index (χ1v) is 8.94. The van der Waals surface area contributed by atoms with Gasteiger partial charge in [0.25, 0.3) is 5.91 Å². The Balaban J connectivity index is 1.75. The maximum atomic E-state index is 12.0. The van der Waals surface area contributed by atoms with Gasteiger partial charge in [-0.25, -0.2) is 0 Å². The molecule has 1 aromatic heterocycles. The minimum Gasteiger partial charge on any atom is -0.377 e. The Morgan fingerprint density at radius 2 is 2.09 bits per heavy atom. The van der Waals surface area contributed by atoms with Crippen LogP contribution in [0.1, 0.15) is 60.7 Å². The van der Waals surface area contributed by atoms with Crippen LogP contribution in [0.4, 0.5) is 0 Å². The Bertz CT molecular complexity index is 534. The Labute approximate surface area is 139 Å². The fraction of sp³-hybridized carbons (Fsp3) is 0.722. The molecule has 2 fully saturated rings. The molecule has 2 saturated heterocycles. The first kappa shape index (κ1) is 16.5. The standard InChI is InChI=1S/C18H29N3O2/c1-19-18(22)17-10-9-15(20(17)2)16-8-3-5-11-21(16)13-14-7-4-6-12-23-14/h9-10,14,16H,3-8,11-13H2,1-2H3,(H,19,22)/t14-,16+/m1/s1. The second-order valence-corrected chi connectivity index (χ2v) is 6.78. The summed E-state index contributed by atoms with van der Waals surface area (Å²) in [7, 11) is 3.69. The molecule has 3 heterocycles. The van der Waals surface area contributed by atoms with Gasteiger partial charge in [0.05, 0.1) is 12.1 Å². The third kappa shape index (κ3) is 3.61. The molecule has 5 heteroatoms. The number of aromatic nitrogens is 1. The lowest BCUT2D eigenvalue weighted by Gasteiger charge is -2.39. The third-order valence-corrected chi connectivity index (χ3v) is 5.29. The van der Waals surface area contributed by atoms with Gasteiger partial charge in [0.1, 0.15) is 5.69 Å². The molecule has 1 N–H and O–H groups in total. The molecule has 0 aliphatic carbocycles. The van der Waals surface area contributed by atoms with E-state index in [2.05, 4.69) is 20.9 Å². The molecule has 0 aromatic carbocycles. The van der Waals surface area contributed by atoms with Gasteiger partial charge >= 0.3 is 0 Å². The van der Waals surface area contributed by atoms with Crippen LogP contribution in [0.15, 0.2) is 12.1 Å². The van der Waals surface area contributed by atoms with Gasteiger partial charge in [0.2, 0.25) is 0 Å². The number of carbonyl (C=O) groups excluding carboxylic acids is 1. The lowest BCUT2D eigenvalue weighted by atomic mass is 9.98. The SMILES string of the molecule is CNC(=O)c1ccc([C@@H]2CCCCN2C[C@H]2CCCCO2)n1C. The van der Waals surface area contributed by atoms with Crippen LogP contribution in [0.5, 0.6) is 0 Å². The van der Waals surface area contributed by atoms with E-state index < -0.39 is 0 Å². The van der Waals surface area contributed by atoms with E-state index in [0.717, 1.165) is 31.8 Å². The molecule has 2 aliphatic rings. The van der Waals surface area contributed by atoms with Crippen molar-refractivity contribution in [2.24, 2.45) is 7.05 Å². The zero-order valence-corrected chi connectivity index (χ0v) is 14.4. The number of piperidine rings is 1. The summed E-state index contributed by atoms with van der Waals surface area (Å²) in [6, 6.07) is 4.46. The molecular weight excluding hydrogens is 290 g/mol. The second-order valence-electron chi connectivity index (χ2n) is 6.78. The maximum Gasteiger partial charge on any atom is 0.267 e. The van der Waals surface area contributed by atoms with Crippen molar-refractivity contribution >= 4 is 5.91 Å². The van der Waals surface area contributed by atoms with Crippen LogP contribution in [0.25, 0.3) is 0 Å². The van der Waals surface area contributed by atoms with Gasteiger partial charge < -0.3 is 14.6 Å². The van der Waals surface area contributed by atoms with Crippen LogP contribution in [-0.2, 0) is 11.8 Å². The second kappa shape index (κ2) is 7.49. The molecule has 0 unspecified atom stereocenters. The van der Waals surface area contributed by atoms with Gasteiger partial charge in [-0.15, -0.1) is 0 Å². The summed E-state index contributed by atoms with van der Waals surface area (Å²) in [5.74, 6) is -0.0169. The molecule has 1 aromatic rings. The van der Waals surface area contributed by atoms with Crippen LogP contribution >= 0.6 is 0 Å². The molecule has 2 atom stereocenters. The Hall–Kier alpha value is -1.33. The van der Waals surface area contributed by atoms with Crippen LogP contribution in [-0.4, -0.2) is 48.2 Å². The van der Waals surface area contributed by atoms with E-state index in [1.165, 1.54) is 37.8 Å². The molecule has 2 aliphatic heterocycles. The Morgan fingerprint density at radius 1 is 1.26 bits per heavy atom. The first-order valence-electron chi connectivity index (χ1n) is 8.94. The Morgan fingerprint density at radius 3 is 2.83 bits per heavy atom. The van der Waals surface area contributed by atoms with Crippen molar-refractivity contribution in [2.45, 2.75) is 50.7 Å². The average molecular weight is 319 g/mol. The number of nitrogens with one attached hydrogen (secondary N) is 1. The van der Waals surface area contributed by atoms with E-state index in [0.29, 0.717) is 12.1 Å². The highest BCUT2D eigenvalue weighted by atomic mass is 16.5. The molecule has 1 amide bonds. The van der Waals surface area contributed by atoms with Crippen molar-refractivity contribution in [1.82, 2.24) is 14.8 Å². The van der Waals surface area contributed by atoms with Gasteiger partial charge in [0.15, 0.2) is 0 Å². The van der Waals surface area contributed by atoms with E-state index in [-0.39, 0.29) is 5.91 Å². The lowest BCUT2D eigenvalue weighted by Crippen LogP contribution is -2.41. The van der Waals surface area contributed by atoms with Crippen LogP contribution in [0, 0.1) is 0 Å². The minimum absolute atomic E-state index is 0.0169. The molecular formula is C18H29N3O2. The molecule has 3 rings (SSSR count). The van der Waals surface area contributed by atoms with E-state index in [1.54, 1.807) is 7.05 Å². The summed E-state index contributed by atoms with van der Waals surface area (Å²) >= 11 is 0. The number of carbonyl (C=O) groups is 1. The van der Waals surface area contributed by atoms with Gasteiger partial charge in [-0.2, -0.15) is 0 Å². The number of rotatable bonds is 4. The Kier molecular flexibility index (Phi) is 5.38.